The Hall–Kier alpha value is -0.170. The molecule has 0 atom stereocenters. The van der Waals surface area contributed by atoms with Gasteiger partial charge in [0.2, 0.25) is 10.0 Å². The second-order valence-corrected chi connectivity index (χ2v) is 8.16. The first-order valence-electron chi connectivity index (χ1n) is 6.53. The molecule has 1 spiro atoms. The fourth-order valence-electron chi connectivity index (χ4n) is 2.64. The van der Waals surface area contributed by atoms with E-state index in [2.05, 4.69) is 4.72 Å². The quantitative estimate of drug-likeness (QED) is 0.828. The van der Waals surface area contributed by atoms with Crippen LogP contribution >= 0.6 is 0 Å². The van der Waals surface area contributed by atoms with E-state index in [0.717, 1.165) is 0 Å². The summed E-state index contributed by atoms with van der Waals surface area (Å²) in [4.78, 5) is 0. The van der Waals surface area contributed by atoms with E-state index >= 15 is 0 Å². The molecule has 1 saturated heterocycles. The maximum atomic E-state index is 12.2. The molecule has 2 rings (SSSR count). The van der Waals surface area contributed by atoms with E-state index in [9.17, 15) is 8.42 Å². The third-order valence-electron chi connectivity index (χ3n) is 3.40. The van der Waals surface area contributed by atoms with Crippen molar-refractivity contribution < 1.29 is 17.9 Å². The average molecular weight is 277 g/mol. The molecule has 5 nitrogen and oxygen atoms in total. The Morgan fingerprint density at radius 2 is 1.61 bits per heavy atom. The smallest absolute Gasteiger partial charge is 0.214 e. The Morgan fingerprint density at radius 1 is 1.11 bits per heavy atom. The first kappa shape index (κ1) is 14.2. The van der Waals surface area contributed by atoms with Crippen molar-refractivity contribution in [2.45, 2.75) is 63.0 Å². The van der Waals surface area contributed by atoms with Crippen LogP contribution in [-0.2, 0) is 19.5 Å². The molecule has 106 valence electrons. The van der Waals surface area contributed by atoms with Gasteiger partial charge in [-0.2, -0.15) is 0 Å². The van der Waals surface area contributed by atoms with E-state index in [1.165, 1.54) is 0 Å². The molecule has 0 aromatic carbocycles. The number of rotatable bonds is 2. The molecule has 18 heavy (non-hydrogen) atoms. The third kappa shape index (κ3) is 3.23. The van der Waals surface area contributed by atoms with Crippen LogP contribution in [0.5, 0.6) is 0 Å². The van der Waals surface area contributed by atoms with Crippen molar-refractivity contribution in [2.24, 2.45) is 0 Å². The summed E-state index contributed by atoms with van der Waals surface area (Å²) in [5, 5.41) is -0.324. The van der Waals surface area contributed by atoms with Gasteiger partial charge in [-0.25, -0.2) is 13.1 Å². The standard InChI is InChI=1S/C12H23NO4S/c1-11(2,3)13-18(14,15)10-4-6-12(7-5-10)16-8-9-17-12/h10,13H,4-9H2,1-3H3. The maximum absolute atomic E-state index is 12.2. The molecular formula is C12H23NO4S. The lowest BCUT2D eigenvalue weighted by Gasteiger charge is -2.36. The predicted octanol–water partition coefficient (Wildman–Crippen LogP) is 1.39. The molecule has 1 N–H and O–H groups in total. The summed E-state index contributed by atoms with van der Waals surface area (Å²) in [5.41, 5.74) is -0.422. The highest BCUT2D eigenvalue weighted by molar-refractivity contribution is 7.90. The highest BCUT2D eigenvalue weighted by atomic mass is 32.2. The van der Waals surface area contributed by atoms with E-state index < -0.39 is 21.3 Å². The van der Waals surface area contributed by atoms with Gasteiger partial charge in [-0.05, 0) is 33.6 Å². The average Bonchev–Trinajstić information content (AvgIpc) is 2.63. The number of hydrogen-bond donors (Lipinski definition) is 1. The van der Waals surface area contributed by atoms with Gasteiger partial charge in [0, 0.05) is 18.4 Å². The summed E-state index contributed by atoms with van der Waals surface area (Å²) in [6, 6.07) is 0. The monoisotopic (exact) mass is 277 g/mol. The molecule has 2 fully saturated rings. The molecule has 1 aliphatic carbocycles. The normalized spacial score (nSPS) is 25.7. The lowest BCUT2D eigenvalue weighted by molar-refractivity contribution is -0.176. The molecule has 0 aromatic heterocycles. The zero-order valence-electron chi connectivity index (χ0n) is 11.4. The molecule has 1 aliphatic heterocycles. The second kappa shape index (κ2) is 4.74. The molecule has 0 radical (unpaired) electrons. The zero-order chi connectivity index (χ0) is 13.4. The minimum absolute atomic E-state index is 0.324. The van der Waals surface area contributed by atoms with Gasteiger partial charge in [-0.1, -0.05) is 0 Å². The fraction of sp³-hybridized carbons (Fsp3) is 1.00. The summed E-state index contributed by atoms with van der Waals surface area (Å²) in [7, 11) is -3.25. The van der Waals surface area contributed by atoms with Gasteiger partial charge in [-0.3, -0.25) is 0 Å². The molecule has 0 bridgehead atoms. The van der Waals surface area contributed by atoms with E-state index in [1.54, 1.807) is 0 Å². The van der Waals surface area contributed by atoms with Gasteiger partial charge < -0.3 is 9.47 Å². The summed E-state index contributed by atoms with van der Waals surface area (Å²) in [6.45, 7) is 6.82. The SMILES string of the molecule is CC(C)(C)NS(=O)(=O)C1CCC2(CC1)OCCO2. The number of sulfonamides is 1. The fourth-order valence-corrected chi connectivity index (χ4v) is 4.51. The van der Waals surface area contributed by atoms with Crippen LogP contribution in [-0.4, -0.2) is 38.2 Å². The van der Waals surface area contributed by atoms with Crippen LogP contribution in [0.25, 0.3) is 0 Å². The zero-order valence-corrected chi connectivity index (χ0v) is 12.2. The van der Waals surface area contributed by atoms with Crippen LogP contribution < -0.4 is 4.72 Å². The minimum Gasteiger partial charge on any atom is -0.348 e. The predicted molar refractivity (Wildman–Crippen MR) is 68.7 cm³/mol. The lowest BCUT2D eigenvalue weighted by Crippen LogP contribution is -2.48. The molecule has 6 heteroatoms. The molecule has 1 heterocycles. The first-order valence-corrected chi connectivity index (χ1v) is 8.08. The molecule has 0 unspecified atom stereocenters. The summed E-state index contributed by atoms with van der Waals surface area (Å²) in [5.74, 6) is -0.492. The van der Waals surface area contributed by atoms with Gasteiger partial charge in [0.1, 0.15) is 0 Å². The number of hydrogen-bond acceptors (Lipinski definition) is 4. The van der Waals surface area contributed by atoms with E-state index in [-0.39, 0.29) is 5.25 Å². The van der Waals surface area contributed by atoms with Gasteiger partial charge >= 0.3 is 0 Å². The van der Waals surface area contributed by atoms with Crippen molar-refractivity contribution in [3.63, 3.8) is 0 Å². The Kier molecular flexibility index (Phi) is 3.75. The van der Waals surface area contributed by atoms with E-state index in [1.807, 2.05) is 20.8 Å². The first-order chi connectivity index (χ1) is 8.23. The summed E-state index contributed by atoms with van der Waals surface area (Å²) >= 11 is 0. The Morgan fingerprint density at radius 3 is 2.06 bits per heavy atom. The van der Waals surface area contributed by atoms with Crippen molar-refractivity contribution >= 4 is 10.0 Å². The van der Waals surface area contributed by atoms with Gasteiger partial charge in [0.05, 0.1) is 18.5 Å². The van der Waals surface area contributed by atoms with Crippen LogP contribution in [0.1, 0.15) is 46.5 Å². The number of ether oxygens (including phenoxy) is 2. The van der Waals surface area contributed by atoms with E-state index in [0.29, 0.717) is 38.9 Å². The van der Waals surface area contributed by atoms with Crippen LogP contribution in [0.2, 0.25) is 0 Å². The Bertz CT molecular complexity index is 383. The topological polar surface area (TPSA) is 64.6 Å². The van der Waals surface area contributed by atoms with Crippen molar-refractivity contribution in [3.8, 4) is 0 Å². The Labute approximate surface area is 109 Å². The van der Waals surface area contributed by atoms with Crippen LogP contribution in [0.15, 0.2) is 0 Å². The molecule has 1 saturated carbocycles. The largest absolute Gasteiger partial charge is 0.348 e. The van der Waals surface area contributed by atoms with Crippen molar-refractivity contribution in [1.82, 2.24) is 4.72 Å². The number of nitrogens with one attached hydrogen (secondary N) is 1. The van der Waals surface area contributed by atoms with Crippen molar-refractivity contribution in [3.05, 3.63) is 0 Å². The van der Waals surface area contributed by atoms with Crippen LogP contribution in [0.3, 0.4) is 0 Å². The Balaban J connectivity index is 1.97. The molecule has 0 aromatic rings. The van der Waals surface area contributed by atoms with Crippen LogP contribution in [0, 0.1) is 0 Å². The second-order valence-electron chi connectivity index (χ2n) is 6.20. The summed E-state index contributed by atoms with van der Waals surface area (Å²) in [6.07, 6.45) is 2.54. The highest BCUT2D eigenvalue weighted by Gasteiger charge is 2.43. The van der Waals surface area contributed by atoms with Crippen LogP contribution in [0.4, 0.5) is 0 Å². The van der Waals surface area contributed by atoms with Crippen molar-refractivity contribution in [2.75, 3.05) is 13.2 Å². The lowest BCUT2D eigenvalue weighted by atomic mass is 9.94. The van der Waals surface area contributed by atoms with Gasteiger partial charge in [0.15, 0.2) is 5.79 Å². The molecule has 0 amide bonds. The van der Waals surface area contributed by atoms with E-state index in [4.69, 9.17) is 9.47 Å². The molecule has 2 aliphatic rings. The van der Waals surface area contributed by atoms with Crippen molar-refractivity contribution in [1.29, 1.82) is 0 Å². The van der Waals surface area contributed by atoms with Gasteiger partial charge in [0.25, 0.3) is 0 Å². The van der Waals surface area contributed by atoms with Gasteiger partial charge in [-0.15, -0.1) is 0 Å². The summed E-state index contributed by atoms with van der Waals surface area (Å²) < 4.78 is 38.4. The highest BCUT2D eigenvalue weighted by Crippen LogP contribution is 2.37. The molecular weight excluding hydrogens is 254 g/mol. The maximum Gasteiger partial charge on any atom is 0.214 e. The third-order valence-corrected chi connectivity index (χ3v) is 5.64. The minimum atomic E-state index is -3.25.